The maximum absolute atomic E-state index is 12.2. The number of unbranched alkanes of at least 4 members (excludes halogenated alkanes) is 12. The fourth-order valence-electron chi connectivity index (χ4n) is 4.34. The first-order valence-corrected chi connectivity index (χ1v) is 15.4. The van der Waals surface area contributed by atoms with Gasteiger partial charge >= 0.3 is 13.8 Å². The second-order valence-electron chi connectivity index (χ2n) is 10.1. The van der Waals surface area contributed by atoms with Gasteiger partial charge in [0.1, 0.15) is 42.7 Å². The first kappa shape index (κ1) is 35.4. The van der Waals surface area contributed by atoms with Gasteiger partial charge in [-0.2, -0.15) is 0 Å². The van der Waals surface area contributed by atoms with Gasteiger partial charge in [-0.25, -0.2) is 4.57 Å². The van der Waals surface area contributed by atoms with Crippen molar-refractivity contribution in [3.8, 4) is 0 Å². The van der Waals surface area contributed by atoms with E-state index in [1.165, 1.54) is 57.8 Å². The standard InChI is InChI=1S/C25H49O12P/c1-2-3-4-5-6-7-8-9-10-11-12-13-14-15-19(27)36-18(16-26)17-35-38(33,34)37-25-23(31)21(29)20(28)22(30)24(25)32/h18,20-26,28-32H,2-17H2,1H3,(H,33,34). The minimum Gasteiger partial charge on any atom is -0.457 e. The van der Waals surface area contributed by atoms with Crippen molar-refractivity contribution in [2.75, 3.05) is 13.2 Å². The molecule has 1 saturated carbocycles. The number of hydrogen-bond acceptors (Lipinski definition) is 11. The molecule has 0 aromatic heterocycles. The number of rotatable bonds is 21. The van der Waals surface area contributed by atoms with Crippen molar-refractivity contribution in [2.45, 2.75) is 140 Å². The zero-order valence-corrected chi connectivity index (χ0v) is 23.4. The number of carbonyl (C=O) groups is 1. The Balaban J connectivity index is 2.21. The Morgan fingerprint density at radius 3 is 1.61 bits per heavy atom. The minimum atomic E-state index is -5.00. The summed E-state index contributed by atoms with van der Waals surface area (Å²) in [5.41, 5.74) is 0. The van der Waals surface area contributed by atoms with Gasteiger partial charge in [0.15, 0.2) is 0 Å². The van der Waals surface area contributed by atoms with Crippen LogP contribution in [0.2, 0.25) is 0 Å². The fourth-order valence-corrected chi connectivity index (χ4v) is 5.31. The fraction of sp³-hybridized carbons (Fsp3) is 0.960. The topological polar surface area (TPSA) is 203 Å². The number of ether oxygens (including phenoxy) is 1. The molecule has 1 aliphatic carbocycles. The first-order chi connectivity index (χ1) is 18.0. The molecule has 38 heavy (non-hydrogen) atoms. The highest BCUT2D eigenvalue weighted by Crippen LogP contribution is 2.47. The molecule has 1 fully saturated rings. The van der Waals surface area contributed by atoms with Crippen molar-refractivity contribution in [3.05, 3.63) is 0 Å². The third kappa shape index (κ3) is 13.6. The number of carbonyl (C=O) groups excluding carboxylic acids is 1. The van der Waals surface area contributed by atoms with E-state index in [0.717, 1.165) is 19.3 Å². The van der Waals surface area contributed by atoms with Crippen LogP contribution in [-0.2, 0) is 23.1 Å². The van der Waals surface area contributed by atoms with E-state index >= 15 is 0 Å². The molecule has 0 amide bonds. The summed E-state index contributed by atoms with van der Waals surface area (Å²) < 4.78 is 26.7. The number of hydrogen-bond donors (Lipinski definition) is 7. The van der Waals surface area contributed by atoms with Crippen molar-refractivity contribution >= 4 is 13.8 Å². The number of aliphatic hydroxyl groups excluding tert-OH is 6. The molecule has 0 aliphatic heterocycles. The van der Waals surface area contributed by atoms with E-state index in [-0.39, 0.29) is 6.42 Å². The van der Waals surface area contributed by atoms with Crippen LogP contribution >= 0.6 is 7.82 Å². The zero-order valence-electron chi connectivity index (χ0n) is 22.5. The molecule has 0 radical (unpaired) electrons. The number of esters is 1. The summed E-state index contributed by atoms with van der Waals surface area (Å²) in [6.45, 7) is 0.805. The summed E-state index contributed by atoms with van der Waals surface area (Å²) in [7, 11) is -5.00. The van der Waals surface area contributed by atoms with E-state index in [9.17, 15) is 44.9 Å². The van der Waals surface area contributed by atoms with Crippen LogP contribution in [0.1, 0.15) is 96.8 Å². The van der Waals surface area contributed by atoms with Crippen molar-refractivity contribution in [1.82, 2.24) is 0 Å². The Morgan fingerprint density at radius 2 is 1.16 bits per heavy atom. The minimum absolute atomic E-state index is 0.125. The van der Waals surface area contributed by atoms with Gasteiger partial charge in [0, 0.05) is 6.42 Å². The molecule has 0 spiro atoms. The third-order valence-corrected chi connectivity index (χ3v) is 7.72. The molecule has 6 unspecified atom stereocenters. The van der Waals surface area contributed by atoms with Crippen molar-refractivity contribution in [3.63, 3.8) is 0 Å². The molecule has 0 bridgehead atoms. The molecule has 0 heterocycles. The highest BCUT2D eigenvalue weighted by molar-refractivity contribution is 7.47. The van der Waals surface area contributed by atoms with Crippen LogP contribution in [0.25, 0.3) is 0 Å². The molecule has 6 atom stereocenters. The summed E-state index contributed by atoms with van der Waals surface area (Å²) in [5, 5.41) is 58.2. The predicted molar refractivity (Wildman–Crippen MR) is 138 cm³/mol. The lowest BCUT2D eigenvalue weighted by Crippen LogP contribution is -2.64. The van der Waals surface area contributed by atoms with E-state index < -0.39 is 69.7 Å². The van der Waals surface area contributed by atoms with Crippen molar-refractivity contribution in [2.24, 2.45) is 0 Å². The van der Waals surface area contributed by atoms with Gasteiger partial charge in [-0.3, -0.25) is 13.8 Å². The van der Waals surface area contributed by atoms with Gasteiger partial charge < -0.3 is 40.3 Å². The molecule has 7 N–H and O–H groups in total. The molecule has 0 saturated heterocycles. The molecular formula is C25H49O12P. The quantitative estimate of drug-likeness (QED) is 0.0596. The Kier molecular flexibility index (Phi) is 18.1. The van der Waals surface area contributed by atoms with E-state index in [1.807, 2.05) is 0 Å². The molecule has 226 valence electrons. The molecule has 0 aromatic carbocycles. The number of phosphoric acid groups is 1. The second-order valence-corrected chi connectivity index (χ2v) is 11.5. The summed E-state index contributed by atoms with van der Waals surface area (Å²) in [5.74, 6) is -0.595. The van der Waals surface area contributed by atoms with Crippen molar-refractivity contribution in [1.29, 1.82) is 0 Å². The largest absolute Gasteiger partial charge is 0.472 e. The first-order valence-electron chi connectivity index (χ1n) is 13.9. The smallest absolute Gasteiger partial charge is 0.457 e. The van der Waals surface area contributed by atoms with Gasteiger partial charge in [0.2, 0.25) is 0 Å². The van der Waals surface area contributed by atoms with Crippen LogP contribution in [0, 0.1) is 0 Å². The van der Waals surface area contributed by atoms with Gasteiger partial charge in [-0.05, 0) is 6.42 Å². The highest BCUT2D eigenvalue weighted by atomic mass is 31.2. The summed E-state index contributed by atoms with van der Waals surface area (Å²) in [6, 6.07) is 0. The van der Waals surface area contributed by atoms with Crippen LogP contribution in [0.15, 0.2) is 0 Å². The molecule has 0 aromatic rings. The van der Waals surface area contributed by atoms with Crippen LogP contribution in [-0.4, -0.2) is 97.4 Å². The molecule has 1 rings (SSSR count). The van der Waals surface area contributed by atoms with Crippen LogP contribution in [0.3, 0.4) is 0 Å². The Bertz CT molecular complexity index is 665. The second kappa shape index (κ2) is 19.4. The Morgan fingerprint density at radius 1 is 0.737 bits per heavy atom. The van der Waals surface area contributed by atoms with Crippen LogP contribution in [0.5, 0.6) is 0 Å². The summed E-state index contributed by atoms with van der Waals surface area (Å²) in [4.78, 5) is 21.9. The average molecular weight is 573 g/mol. The Labute approximate surface area is 225 Å². The lowest BCUT2D eigenvalue weighted by atomic mass is 9.85. The SMILES string of the molecule is CCCCCCCCCCCCCCCC(=O)OC(CO)COP(=O)(O)OC1C(O)C(O)C(O)C(O)C1O. The number of aliphatic hydroxyl groups is 6. The monoisotopic (exact) mass is 572 g/mol. The lowest BCUT2D eigenvalue weighted by molar-refractivity contribution is -0.220. The summed E-state index contributed by atoms with van der Waals surface area (Å²) in [6.07, 6.45) is 2.27. The van der Waals surface area contributed by atoms with Gasteiger partial charge in [-0.1, -0.05) is 84.0 Å². The highest BCUT2D eigenvalue weighted by Gasteiger charge is 2.51. The van der Waals surface area contributed by atoms with Crippen molar-refractivity contribution < 1.29 is 58.7 Å². The third-order valence-electron chi connectivity index (χ3n) is 6.74. The van der Waals surface area contributed by atoms with E-state index in [2.05, 4.69) is 11.4 Å². The maximum atomic E-state index is 12.2. The van der Waals surface area contributed by atoms with Gasteiger partial charge in [0.05, 0.1) is 13.2 Å². The maximum Gasteiger partial charge on any atom is 0.472 e. The van der Waals surface area contributed by atoms with E-state index in [1.54, 1.807) is 0 Å². The molecule has 12 nitrogen and oxygen atoms in total. The van der Waals surface area contributed by atoms with Gasteiger partial charge in [0.25, 0.3) is 0 Å². The molecule has 13 heteroatoms. The summed E-state index contributed by atoms with van der Waals surface area (Å²) >= 11 is 0. The van der Waals surface area contributed by atoms with Crippen LogP contribution in [0.4, 0.5) is 0 Å². The number of phosphoric ester groups is 1. The van der Waals surface area contributed by atoms with E-state index in [4.69, 9.17) is 9.26 Å². The lowest BCUT2D eigenvalue weighted by Gasteiger charge is -2.41. The molecular weight excluding hydrogens is 523 g/mol. The zero-order chi connectivity index (χ0) is 28.6. The van der Waals surface area contributed by atoms with E-state index in [0.29, 0.717) is 6.42 Å². The van der Waals surface area contributed by atoms with Gasteiger partial charge in [-0.15, -0.1) is 0 Å². The predicted octanol–water partition coefficient (Wildman–Crippen LogP) is 1.69. The van der Waals surface area contributed by atoms with Crippen LogP contribution < -0.4 is 0 Å². The average Bonchev–Trinajstić information content (AvgIpc) is 2.89. The molecule has 1 aliphatic rings. The Hall–Kier alpha value is -0.660. The normalized spacial score (nSPS) is 28.1.